The first-order chi connectivity index (χ1) is 8.97. The Morgan fingerprint density at radius 3 is 2.84 bits per heavy atom. The second-order valence-corrected chi connectivity index (χ2v) is 7.70. The van der Waals surface area contributed by atoms with Crippen LogP contribution in [0.1, 0.15) is 12.0 Å². The molecule has 1 aromatic rings. The summed E-state index contributed by atoms with van der Waals surface area (Å²) < 4.78 is 32.6. The lowest BCUT2D eigenvalue weighted by molar-refractivity contribution is 0.0179. The number of nitrogens with one attached hydrogen (secondary N) is 1. The summed E-state index contributed by atoms with van der Waals surface area (Å²) in [6.07, 6.45) is 0.879. The molecule has 1 aromatic carbocycles. The van der Waals surface area contributed by atoms with Crippen molar-refractivity contribution in [2.24, 2.45) is 0 Å². The van der Waals surface area contributed by atoms with Crippen molar-refractivity contribution in [3.05, 3.63) is 29.8 Å². The molecule has 1 atom stereocenters. The molecule has 1 saturated heterocycles. The maximum atomic E-state index is 12.2. The lowest BCUT2D eigenvalue weighted by Crippen LogP contribution is -2.44. The molecule has 0 aromatic heterocycles. The summed E-state index contributed by atoms with van der Waals surface area (Å²) in [5.41, 5.74) is 0.572. The van der Waals surface area contributed by atoms with E-state index in [1.165, 1.54) is 0 Å². The average molecular weight is 301 g/mol. The van der Waals surface area contributed by atoms with Crippen molar-refractivity contribution in [2.75, 3.05) is 25.2 Å². The lowest BCUT2D eigenvalue weighted by atomic mass is 10.0. The van der Waals surface area contributed by atoms with Crippen molar-refractivity contribution in [1.82, 2.24) is 4.72 Å². The van der Waals surface area contributed by atoms with Crippen LogP contribution in [0.25, 0.3) is 0 Å². The Hall–Kier alpha value is -0.560. The fourth-order valence-electron chi connectivity index (χ4n) is 2.05. The van der Waals surface area contributed by atoms with E-state index in [2.05, 4.69) is 4.72 Å². The van der Waals surface area contributed by atoms with Crippen LogP contribution >= 0.6 is 11.8 Å². The topological polar surface area (TPSA) is 55.4 Å². The van der Waals surface area contributed by atoms with Crippen LogP contribution in [0.15, 0.2) is 29.2 Å². The molecule has 0 spiro atoms. The second-order valence-electron chi connectivity index (χ2n) is 4.83. The predicted octanol–water partition coefficient (Wildman–Crippen LogP) is 1.80. The predicted molar refractivity (Wildman–Crippen MR) is 78.0 cm³/mol. The van der Waals surface area contributed by atoms with Gasteiger partial charge in [-0.25, -0.2) is 13.1 Å². The van der Waals surface area contributed by atoms with Crippen molar-refractivity contribution in [1.29, 1.82) is 0 Å². The Balaban J connectivity index is 2.09. The molecule has 0 bridgehead atoms. The van der Waals surface area contributed by atoms with Crippen LogP contribution in [0.2, 0.25) is 0 Å². The number of hydrogen-bond acceptors (Lipinski definition) is 4. The van der Waals surface area contributed by atoms with E-state index in [-0.39, 0.29) is 5.60 Å². The minimum absolute atomic E-state index is 0.310. The van der Waals surface area contributed by atoms with E-state index < -0.39 is 10.0 Å². The minimum atomic E-state index is -3.46. The van der Waals surface area contributed by atoms with Gasteiger partial charge in [-0.3, -0.25) is 0 Å². The third-order valence-electron chi connectivity index (χ3n) is 3.38. The Bertz CT molecular complexity index is 537. The van der Waals surface area contributed by atoms with Gasteiger partial charge in [0, 0.05) is 19.4 Å². The van der Waals surface area contributed by atoms with Crippen LogP contribution in [0.3, 0.4) is 0 Å². The van der Waals surface area contributed by atoms with Crippen molar-refractivity contribution in [3.8, 4) is 0 Å². The van der Waals surface area contributed by atoms with Gasteiger partial charge in [0.2, 0.25) is 10.0 Å². The zero-order valence-electron chi connectivity index (χ0n) is 11.2. The summed E-state index contributed by atoms with van der Waals surface area (Å²) in [5.74, 6) is 1.85. The molecule has 6 heteroatoms. The highest BCUT2D eigenvalue weighted by molar-refractivity contribution is 7.99. The zero-order chi connectivity index (χ0) is 13.9. The van der Waals surface area contributed by atoms with Gasteiger partial charge < -0.3 is 4.74 Å². The molecule has 1 heterocycles. The molecule has 1 N–H and O–H groups in total. The van der Waals surface area contributed by atoms with Crippen LogP contribution in [-0.4, -0.2) is 39.2 Å². The van der Waals surface area contributed by atoms with Gasteiger partial charge in [-0.15, -0.1) is 0 Å². The highest BCUT2D eigenvalue weighted by Crippen LogP contribution is 2.30. The molecule has 1 aliphatic rings. The Morgan fingerprint density at radius 2 is 2.26 bits per heavy atom. The summed E-state index contributed by atoms with van der Waals surface area (Å²) >= 11 is 1.79. The van der Waals surface area contributed by atoms with Gasteiger partial charge >= 0.3 is 0 Å². The zero-order valence-corrected chi connectivity index (χ0v) is 12.8. The summed E-state index contributed by atoms with van der Waals surface area (Å²) in [5, 5.41) is 0. The minimum Gasteiger partial charge on any atom is -0.376 e. The maximum Gasteiger partial charge on any atom is 0.240 e. The van der Waals surface area contributed by atoms with E-state index in [4.69, 9.17) is 4.74 Å². The Morgan fingerprint density at radius 1 is 1.47 bits per heavy atom. The van der Waals surface area contributed by atoms with Gasteiger partial charge in [0.25, 0.3) is 0 Å². The van der Waals surface area contributed by atoms with Crippen molar-refractivity contribution >= 4 is 21.8 Å². The third-order valence-corrected chi connectivity index (χ3v) is 6.01. The Labute approximate surface area is 119 Å². The highest BCUT2D eigenvalue weighted by Gasteiger charge is 2.35. The van der Waals surface area contributed by atoms with E-state index >= 15 is 0 Å². The van der Waals surface area contributed by atoms with E-state index in [1.807, 2.05) is 13.0 Å². The molecule has 2 rings (SSSR count). The van der Waals surface area contributed by atoms with Gasteiger partial charge in [-0.2, -0.15) is 11.8 Å². The molecule has 0 amide bonds. The summed E-state index contributed by atoms with van der Waals surface area (Å²) in [7, 11) is -1.81. The van der Waals surface area contributed by atoms with E-state index in [9.17, 15) is 8.42 Å². The molecule has 1 aliphatic heterocycles. The van der Waals surface area contributed by atoms with Crippen LogP contribution in [0.5, 0.6) is 0 Å². The highest BCUT2D eigenvalue weighted by atomic mass is 32.2. The molecule has 1 unspecified atom stereocenters. The Kier molecular flexibility index (Phi) is 4.55. The molecule has 1 fully saturated rings. The van der Waals surface area contributed by atoms with E-state index in [0.29, 0.717) is 11.4 Å². The molecule has 0 radical (unpaired) electrons. The van der Waals surface area contributed by atoms with Crippen molar-refractivity contribution in [3.63, 3.8) is 0 Å². The van der Waals surface area contributed by atoms with Gasteiger partial charge in [0.1, 0.15) is 0 Å². The first-order valence-electron chi connectivity index (χ1n) is 6.17. The number of thioether (sulfide) groups is 1. The number of ether oxygens (including phenoxy) is 1. The summed E-state index contributed by atoms with van der Waals surface area (Å²) in [6, 6.07) is 6.91. The number of sulfonamides is 1. The van der Waals surface area contributed by atoms with Gasteiger partial charge in [-0.05, 0) is 36.8 Å². The normalized spacial score (nSPS) is 23.7. The average Bonchev–Trinajstić information content (AvgIpc) is 2.86. The number of aryl methyl sites for hydroxylation is 1. The standard InChI is InChI=1S/C13H19NO3S2/c1-11-4-3-5-12(8-11)19(15,16)14-9-13(17-2)6-7-18-10-13/h3-5,8,14H,6-7,9-10H2,1-2H3. The molecule has 0 aliphatic carbocycles. The summed E-state index contributed by atoms with van der Waals surface area (Å²) in [4.78, 5) is 0.310. The molecule has 19 heavy (non-hydrogen) atoms. The summed E-state index contributed by atoms with van der Waals surface area (Å²) in [6.45, 7) is 2.20. The fraction of sp³-hybridized carbons (Fsp3) is 0.538. The lowest BCUT2D eigenvalue weighted by Gasteiger charge is -2.26. The quantitative estimate of drug-likeness (QED) is 0.901. The number of benzene rings is 1. The SMILES string of the molecule is COC1(CNS(=O)(=O)c2cccc(C)c2)CCSC1. The third kappa shape index (κ3) is 3.51. The first-order valence-corrected chi connectivity index (χ1v) is 8.80. The number of methoxy groups -OCH3 is 1. The molecule has 4 nitrogen and oxygen atoms in total. The first kappa shape index (κ1) is 14.8. The van der Waals surface area contributed by atoms with Crippen LogP contribution in [0, 0.1) is 6.92 Å². The largest absolute Gasteiger partial charge is 0.376 e. The molecule has 106 valence electrons. The van der Waals surface area contributed by atoms with Crippen LogP contribution in [-0.2, 0) is 14.8 Å². The van der Waals surface area contributed by atoms with Gasteiger partial charge in [0.05, 0.1) is 10.5 Å². The molecule has 0 saturated carbocycles. The number of rotatable bonds is 5. The monoisotopic (exact) mass is 301 g/mol. The van der Waals surface area contributed by atoms with Crippen molar-refractivity contribution in [2.45, 2.75) is 23.8 Å². The maximum absolute atomic E-state index is 12.2. The van der Waals surface area contributed by atoms with Crippen molar-refractivity contribution < 1.29 is 13.2 Å². The molecular formula is C13H19NO3S2. The van der Waals surface area contributed by atoms with E-state index in [0.717, 1.165) is 23.5 Å². The fourth-order valence-corrected chi connectivity index (χ4v) is 4.67. The van der Waals surface area contributed by atoms with Gasteiger partial charge in [0.15, 0.2) is 0 Å². The van der Waals surface area contributed by atoms with Gasteiger partial charge in [-0.1, -0.05) is 12.1 Å². The van der Waals surface area contributed by atoms with Crippen LogP contribution in [0.4, 0.5) is 0 Å². The molecular weight excluding hydrogens is 282 g/mol. The van der Waals surface area contributed by atoms with Crippen LogP contribution < -0.4 is 4.72 Å². The number of hydrogen-bond donors (Lipinski definition) is 1. The second kappa shape index (κ2) is 5.83. The smallest absolute Gasteiger partial charge is 0.240 e. The van der Waals surface area contributed by atoms with E-state index in [1.54, 1.807) is 37.1 Å².